The van der Waals surface area contributed by atoms with Crippen molar-refractivity contribution in [1.29, 1.82) is 0 Å². The standard InChI is InChI=1S/C18H23N5O5/c1-10-21-12(5-14(24)22-10)15(25)19-7-11-6-18(3-2-4-18)9-23(11)16(26)13-8-20-17(27)28-13/h5,11,13H,2-4,6-9H2,1H3,(H,19,25)(H,20,27)(H,21,22,24)/t11?,13-/m0/s1. The lowest BCUT2D eigenvalue weighted by atomic mass is 9.67. The molecule has 2 atom stereocenters. The number of amides is 3. The van der Waals surface area contributed by atoms with E-state index in [0.717, 1.165) is 31.7 Å². The lowest BCUT2D eigenvalue weighted by Crippen LogP contribution is -2.48. The van der Waals surface area contributed by atoms with Crippen LogP contribution in [0.15, 0.2) is 10.9 Å². The first-order valence-electron chi connectivity index (χ1n) is 9.46. The van der Waals surface area contributed by atoms with Crippen molar-refractivity contribution in [3.05, 3.63) is 27.9 Å². The lowest BCUT2D eigenvalue weighted by Gasteiger charge is -2.38. The van der Waals surface area contributed by atoms with Gasteiger partial charge in [-0.1, -0.05) is 6.42 Å². The summed E-state index contributed by atoms with van der Waals surface area (Å²) in [5, 5.41) is 5.29. The van der Waals surface area contributed by atoms with Gasteiger partial charge in [-0.25, -0.2) is 9.78 Å². The van der Waals surface area contributed by atoms with Crippen LogP contribution >= 0.6 is 0 Å². The maximum absolute atomic E-state index is 12.9. The highest BCUT2D eigenvalue weighted by Gasteiger charge is 2.50. The van der Waals surface area contributed by atoms with Gasteiger partial charge in [-0.3, -0.25) is 14.4 Å². The smallest absolute Gasteiger partial charge is 0.408 e. The Hall–Kier alpha value is -2.91. The van der Waals surface area contributed by atoms with E-state index in [9.17, 15) is 19.2 Å². The number of aryl methyl sites for hydroxylation is 1. The van der Waals surface area contributed by atoms with Crippen molar-refractivity contribution >= 4 is 17.9 Å². The molecule has 0 radical (unpaired) electrons. The first kappa shape index (κ1) is 18.5. The number of rotatable bonds is 4. The highest BCUT2D eigenvalue weighted by Crippen LogP contribution is 2.50. The van der Waals surface area contributed by atoms with Crippen LogP contribution in [0.2, 0.25) is 0 Å². The van der Waals surface area contributed by atoms with Crippen LogP contribution in [-0.2, 0) is 9.53 Å². The molecule has 1 spiro atoms. The van der Waals surface area contributed by atoms with E-state index in [1.807, 2.05) is 0 Å². The molecule has 150 valence electrons. The largest absolute Gasteiger partial charge is 0.434 e. The predicted molar refractivity (Wildman–Crippen MR) is 96.6 cm³/mol. The second kappa shape index (κ2) is 6.92. The average molecular weight is 389 g/mol. The molecule has 1 aliphatic carbocycles. The number of aromatic nitrogens is 2. The quantitative estimate of drug-likeness (QED) is 0.647. The molecule has 1 unspecified atom stereocenters. The van der Waals surface area contributed by atoms with Gasteiger partial charge >= 0.3 is 6.09 Å². The number of likely N-dealkylation sites (tertiary alicyclic amines) is 1. The third kappa shape index (κ3) is 3.46. The Morgan fingerprint density at radius 3 is 2.79 bits per heavy atom. The van der Waals surface area contributed by atoms with Gasteiger partial charge in [0.2, 0.25) is 0 Å². The van der Waals surface area contributed by atoms with Gasteiger partial charge in [0.05, 0.1) is 6.54 Å². The van der Waals surface area contributed by atoms with Crippen molar-refractivity contribution in [2.75, 3.05) is 19.6 Å². The zero-order chi connectivity index (χ0) is 19.9. The molecule has 3 aliphatic rings. The fourth-order valence-electron chi connectivity index (χ4n) is 4.35. The zero-order valence-corrected chi connectivity index (χ0v) is 15.6. The summed E-state index contributed by atoms with van der Waals surface area (Å²) in [6, 6.07) is 0.968. The number of carbonyl (C=O) groups excluding carboxylic acids is 3. The van der Waals surface area contributed by atoms with Gasteiger partial charge in [-0.05, 0) is 31.6 Å². The van der Waals surface area contributed by atoms with Gasteiger partial charge in [0.25, 0.3) is 17.4 Å². The Labute approximate surface area is 161 Å². The van der Waals surface area contributed by atoms with Crippen molar-refractivity contribution in [2.24, 2.45) is 5.41 Å². The Morgan fingerprint density at radius 2 is 2.18 bits per heavy atom. The molecule has 1 aromatic heterocycles. The zero-order valence-electron chi connectivity index (χ0n) is 15.6. The normalized spacial score (nSPS) is 25.2. The molecule has 0 aromatic carbocycles. The van der Waals surface area contributed by atoms with Crippen LogP contribution in [0.1, 0.15) is 42.0 Å². The van der Waals surface area contributed by atoms with Crippen LogP contribution in [0.3, 0.4) is 0 Å². The molecular formula is C18H23N5O5. The van der Waals surface area contributed by atoms with Crippen LogP contribution in [0.4, 0.5) is 4.79 Å². The van der Waals surface area contributed by atoms with E-state index in [4.69, 9.17) is 4.74 Å². The van der Waals surface area contributed by atoms with E-state index in [1.54, 1.807) is 11.8 Å². The lowest BCUT2D eigenvalue weighted by molar-refractivity contribution is -0.139. The maximum atomic E-state index is 12.9. The second-order valence-electron chi connectivity index (χ2n) is 7.88. The third-order valence-electron chi connectivity index (χ3n) is 5.86. The minimum atomic E-state index is -0.821. The maximum Gasteiger partial charge on any atom is 0.408 e. The van der Waals surface area contributed by atoms with Crippen LogP contribution in [0.5, 0.6) is 0 Å². The highest BCUT2D eigenvalue weighted by atomic mass is 16.6. The fourth-order valence-corrected chi connectivity index (χ4v) is 4.35. The Bertz CT molecular complexity index is 877. The molecule has 3 fully saturated rings. The first-order valence-corrected chi connectivity index (χ1v) is 9.46. The molecule has 1 aromatic rings. The summed E-state index contributed by atoms with van der Waals surface area (Å²) in [7, 11) is 0. The van der Waals surface area contributed by atoms with E-state index in [-0.39, 0.29) is 41.7 Å². The number of alkyl carbamates (subject to hydrolysis) is 1. The van der Waals surface area contributed by atoms with E-state index < -0.39 is 18.1 Å². The van der Waals surface area contributed by atoms with Crippen LogP contribution in [0.25, 0.3) is 0 Å². The Kier molecular flexibility index (Phi) is 4.56. The number of cyclic esters (lactones) is 1. The minimum absolute atomic E-state index is 0.0457. The molecule has 28 heavy (non-hydrogen) atoms. The molecule has 1 saturated carbocycles. The molecule has 10 heteroatoms. The Morgan fingerprint density at radius 1 is 1.39 bits per heavy atom. The molecule has 10 nitrogen and oxygen atoms in total. The van der Waals surface area contributed by atoms with Crippen molar-refractivity contribution < 1.29 is 19.1 Å². The van der Waals surface area contributed by atoms with E-state index in [1.165, 1.54) is 0 Å². The summed E-state index contributed by atoms with van der Waals surface area (Å²) < 4.78 is 5.05. The van der Waals surface area contributed by atoms with E-state index >= 15 is 0 Å². The summed E-state index contributed by atoms with van der Waals surface area (Å²) >= 11 is 0. The molecule has 3 N–H and O–H groups in total. The van der Waals surface area contributed by atoms with Crippen molar-refractivity contribution in [2.45, 2.75) is 44.8 Å². The van der Waals surface area contributed by atoms with Crippen LogP contribution in [-0.4, -0.2) is 64.6 Å². The summed E-state index contributed by atoms with van der Waals surface area (Å²) in [5.74, 6) is -0.323. The third-order valence-corrected chi connectivity index (χ3v) is 5.86. The van der Waals surface area contributed by atoms with Crippen molar-refractivity contribution in [3.8, 4) is 0 Å². The van der Waals surface area contributed by atoms with Gasteiger partial charge in [-0.2, -0.15) is 0 Å². The molecule has 4 rings (SSSR count). The number of nitrogens with one attached hydrogen (secondary N) is 3. The molecule has 3 heterocycles. The number of carbonyl (C=O) groups is 3. The number of H-pyrrole nitrogens is 1. The number of hydrogen-bond donors (Lipinski definition) is 3. The van der Waals surface area contributed by atoms with Gasteiger partial charge in [0, 0.05) is 25.2 Å². The monoisotopic (exact) mass is 389 g/mol. The average Bonchev–Trinajstić information content (AvgIpc) is 3.22. The molecular weight excluding hydrogens is 366 g/mol. The number of aromatic amines is 1. The molecule has 2 aliphatic heterocycles. The first-order chi connectivity index (χ1) is 13.3. The van der Waals surface area contributed by atoms with Gasteiger partial charge in [0.1, 0.15) is 11.5 Å². The topological polar surface area (TPSA) is 133 Å². The minimum Gasteiger partial charge on any atom is -0.434 e. The second-order valence-corrected chi connectivity index (χ2v) is 7.88. The van der Waals surface area contributed by atoms with Gasteiger partial charge < -0.3 is 25.3 Å². The van der Waals surface area contributed by atoms with Crippen LogP contribution in [0, 0.1) is 12.3 Å². The Balaban J connectivity index is 1.45. The highest BCUT2D eigenvalue weighted by molar-refractivity contribution is 5.92. The van der Waals surface area contributed by atoms with Gasteiger partial charge in [0.15, 0.2) is 6.10 Å². The molecule has 2 saturated heterocycles. The van der Waals surface area contributed by atoms with E-state index in [2.05, 4.69) is 20.6 Å². The SMILES string of the molecule is Cc1nc(C(=O)NCC2CC3(CCC3)CN2C(=O)[C@@H]2CNC(=O)O2)cc(=O)[nH]1. The predicted octanol–water partition coefficient (Wildman–Crippen LogP) is -0.312. The summed E-state index contributed by atoms with van der Waals surface area (Å²) in [6.07, 6.45) is 2.64. The summed E-state index contributed by atoms with van der Waals surface area (Å²) in [5.41, 5.74) is -0.247. The number of hydrogen-bond acceptors (Lipinski definition) is 6. The van der Waals surface area contributed by atoms with Crippen molar-refractivity contribution in [1.82, 2.24) is 25.5 Å². The number of nitrogens with zero attached hydrogens (tertiary/aromatic N) is 2. The van der Waals surface area contributed by atoms with Crippen LogP contribution < -0.4 is 16.2 Å². The molecule has 3 amide bonds. The van der Waals surface area contributed by atoms with E-state index in [0.29, 0.717) is 12.4 Å². The molecule has 0 bridgehead atoms. The van der Waals surface area contributed by atoms with Crippen molar-refractivity contribution in [3.63, 3.8) is 0 Å². The summed E-state index contributed by atoms with van der Waals surface area (Å²) in [4.78, 5) is 56.4. The number of ether oxygens (including phenoxy) is 1. The van der Waals surface area contributed by atoms with Gasteiger partial charge in [-0.15, -0.1) is 0 Å². The fraction of sp³-hybridized carbons (Fsp3) is 0.611. The summed E-state index contributed by atoms with van der Waals surface area (Å²) in [6.45, 7) is 2.64.